The summed E-state index contributed by atoms with van der Waals surface area (Å²) in [6, 6.07) is 16.7. The summed E-state index contributed by atoms with van der Waals surface area (Å²) >= 11 is 0. The molecule has 0 aromatic heterocycles. The lowest BCUT2D eigenvalue weighted by atomic mass is 10.1. The second-order valence-corrected chi connectivity index (χ2v) is 6.90. The van der Waals surface area contributed by atoms with E-state index in [1.165, 1.54) is 5.56 Å². The van der Waals surface area contributed by atoms with Crippen LogP contribution in [-0.4, -0.2) is 58.3 Å². The van der Waals surface area contributed by atoms with Crippen LogP contribution in [0.3, 0.4) is 0 Å². The molecule has 0 saturated heterocycles. The number of halogens is 1. The van der Waals surface area contributed by atoms with Crippen LogP contribution in [0.15, 0.2) is 53.5 Å². The quantitative estimate of drug-likeness (QED) is 0.291. The number of ether oxygens (including phenoxy) is 2. The van der Waals surface area contributed by atoms with Crippen molar-refractivity contribution in [2.24, 2.45) is 10.7 Å². The summed E-state index contributed by atoms with van der Waals surface area (Å²) in [5.41, 5.74) is 8.51. The Bertz CT molecular complexity index is 754. The van der Waals surface area contributed by atoms with Crippen LogP contribution in [-0.2, 0) is 12.8 Å². The predicted octanol–water partition coefficient (Wildman–Crippen LogP) is 2.94. The summed E-state index contributed by atoms with van der Waals surface area (Å²) in [6.07, 6.45) is 1.76. The normalized spacial score (nSPS) is 12.2. The highest BCUT2D eigenvalue weighted by Crippen LogP contribution is 2.27. The van der Waals surface area contributed by atoms with Gasteiger partial charge in [0, 0.05) is 12.6 Å². The summed E-state index contributed by atoms with van der Waals surface area (Å²) in [5.74, 6) is 1.94. The van der Waals surface area contributed by atoms with Crippen molar-refractivity contribution in [3.8, 4) is 11.5 Å². The molecule has 0 spiro atoms. The number of hydrogen-bond acceptors (Lipinski definition) is 4. The van der Waals surface area contributed by atoms with Crippen LogP contribution < -0.4 is 20.5 Å². The van der Waals surface area contributed by atoms with Crippen molar-refractivity contribution in [1.29, 1.82) is 0 Å². The first-order valence-electron chi connectivity index (χ1n) is 9.48. The maximum atomic E-state index is 6.06. The van der Waals surface area contributed by atoms with Crippen LogP contribution in [0.25, 0.3) is 0 Å². The van der Waals surface area contributed by atoms with Crippen molar-refractivity contribution >= 4 is 29.9 Å². The first kappa shape index (κ1) is 25.0. The molecule has 2 aromatic carbocycles. The van der Waals surface area contributed by atoms with E-state index in [-0.39, 0.29) is 24.0 Å². The molecule has 3 N–H and O–H groups in total. The fourth-order valence-electron chi connectivity index (χ4n) is 2.93. The van der Waals surface area contributed by atoms with Crippen LogP contribution in [0.5, 0.6) is 11.5 Å². The molecule has 0 aliphatic rings. The van der Waals surface area contributed by atoms with E-state index >= 15 is 0 Å². The SMILES string of the molecule is COc1ccc(CCNC(N)=NCC(Cc2ccccc2)N(C)C)cc1OC.I. The van der Waals surface area contributed by atoms with Gasteiger partial charge >= 0.3 is 0 Å². The van der Waals surface area contributed by atoms with Crippen LogP contribution in [0.2, 0.25) is 0 Å². The zero-order chi connectivity index (χ0) is 20.4. The van der Waals surface area contributed by atoms with Crippen molar-refractivity contribution in [3.63, 3.8) is 0 Å². The molecule has 0 saturated carbocycles. The van der Waals surface area contributed by atoms with E-state index in [1.54, 1.807) is 14.2 Å². The van der Waals surface area contributed by atoms with Gasteiger partial charge in [-0.25, -0.2) is 0 Å². The van der Waals surface area contributed by atoms with E-state index in [9.17, 15) is 0 Å². The number of guanidine groups is 1. The molecule has 0 amide bonds. The molecule has 2 rings (SSSR count). The van der Waals surface area contributed by atoms with Gasteiger partial charge < -0.3 is 25.4 Å². The molecule has 2 aromatic rings. The van der Waals surface area contributed by atoms with Crippen LogP contribution >= 0.6 is 24.0 Å². The monoisotopic (exact) mass is 512 g/mol. The maximum absolute atomic E-state index is 6.06. The van der Waals surface area contributed by atoms with E-state index in [1.807, 2.05) is 24.3 Å². The molecule has 0 heterocycles. The van der Waals surface area contributed by atoms with Gasteiger partial charge in [-0.1, -0.05) is 36.4 Å². The average Bonchev–Trinajstić information content (AvgIpc) is 2.71. The third kappa shape index (κ3) is 8.49. The fourth-order valence-corrected chi connectivity index (χ4v) is 2.93. The second-order valence-electron chi connectivity index (χ2n) is 6.90. The molecule has 0 radical (unpaired) electrons. The van der Waals surface area contributed by atoms with Crippen molar-refractivity contribution in [1.82, 2.24) is 10.2 Å². The highest BCUT2D eigenvalue weighted by Gasteiger charge is 2.12. The van der Waals surface area contributed by atoms with Gasteiger partial charge in [0.15, 0.2) is 17.5 Å². The Kier molecular flexibility index (Phi) is 11.5. The lowest BCUT2D eigenvalue weighted by Gasteiger charge is -2.23. The number of hydrogen-bond donors (Lipinski definition) is 2. The Balaban J connectivity index is 0.00000420. The van der Waals surface area contributed by atoms with Crippen molar-refractivity contribution in [3.05, 3.63) is 59.7 Å². The van der Waals surface area contributed by atoms with E-state index in [2.05, 4.69) is 53.6 Å². The van der Waals surface area contributed by atoms with E-state index in [0.717, 1.165) is 29.9 Å². The Labute approximate surface area is 191 Å². The summed E-state index contributed by atoms with van der Waals surface area (Å²) in [7, 11) is 7.42. The fraction of sp³-hybridized carbons (Fsp3) is 0.409. The highest BCUT2D eigenvalue weighted by molar-refractivity contribution is 14.0. The summed E-state index contributed by atoms with van der Waals surface area (Å²) in [4.78, 5) is 6.72. The number of likely N-dealkylation sites (N-methyl/N-ethyl adjacent to an activating group) is 1. The van der Waals surface area contributed by atoms with Crippen molar-refractivity contribution < 1.29 is 9.47 Å². The largest absolute Gasteiger partial charge is 0.493 e. The van der Waals surface area contributed by atoms with Crippen LogP contribution in [0.1, 0.15) is 11.1 Å². The van der Waals surface area contributed by atoms with Crippen molar-refractivity contribution in [2.75, 3.05) is 41.4 Å². The molecular formula is C22H33IN4O2. The Morgan fingerprint density at radius 3 is 2.34 bits per heavy atom. The van der Waals surface area contributed by atoms with E-state index in [0.29, 0.717) is 25.1 Å². The molecule has 1 atom stereocenters. The van der Waals surface area contributed by atoms with Crippen LogP contribution in [0.4, 0.5) is 0 Å². The second kappa shape index (κ2) is 13.3. The Morgan fingerprint density at radius 2 is 1.72 bits per heavy atom. The number of methoxy groups -OCH3 is 2. The molecule has 160 valence electrons. The minimum absolute atomic E-state index is 0. The summed E-state index contributed by atoms with van der Waals surface area (Å²) in [5, 5.41) is 3.19. The van der Waals surface area contributed by atoms with E-state index < -0.39 is 0 Å². The minimum atomic E-state index is 0. The molecule has 0 bridgehead atoms. The zero-order valence-electron chi connectivity index (χ0n) is 17.7. The van der Waals surface area contributed by atoms with Crippen molar-refractivity contribution in [2.45, 2.75) is 18.9 Å². The molecule has 0 aliphatic heterocycles. The third-order valence-corrected chi connectivity index (χ3v) is 4.68. The first-order valence-corrected chi connectivity index (χ1v) is 9.48. The smallest absolute Gasteiger partial charge is 0.188 e. The van der Waals surface area contributed by atoms with Gasteiger partial charge in [-0.05, 0) is 50.2 Å². The standard InChI is InChI=1S/C22H32N4O2.HI/c1-26(2)19(14-17-8-6-5-7-9-17)16-25-22(23)24-13-12-18-10-11-20(27-3)21(15-18)28-4;/h5-11,15,19H,12-14,16H2,1-4H3,(H3,23,24,25);1H. The Hall–Kier alpha value is -2.00. The predicted molar refractivity (Wildman–Crippen MR) is 131 cm³/mol. The molecule has 7 heteroatoms. The maximum Gasteiger partial charge on any atom is 0.188 e. The van der Waals surface area contributed by atoms with Gasteiger partial charge in [-0.2, -0.15) is 0 Å². The minimum Gasteiger partial charge on any atom is -0.493 e. The number of nitrogens with one attached hydrogen (secondary N) is 1. The Morgan fingerprint density at radius 1 is 1.03 bits per heavy atom. The molecule has 0 fully saturated rings. The summed E-state index contributed by atoms with van der Waals surface area (Å²) < 4.78 is 10.6. The zero-order valence-corrected chi connectivity index (χ0v) is 20.1. The lowest BCUT2D eigenvalue weighted by Crippen LogP contribution is -2.37. The molecule has 1 unspecified atom stereocenters. The highest BCUT2D eigenvalue weighted by atomic mass is 127. The van der Waals surface area contributed by atoms with Gasteiger partial charge in [0.1, 0.15) is 0 Å². The van der Waals surface area contributed by atoms with Gasteiger partial charge in [0.2, 0.25) is 0 Å². The average molecular weight is 512 g/mol. The number of benzene rings is 2. The molecule has 6 nitrogen and oxygen atoms in total. The third-order valence-electron chi connectivity index (χ3n) is 4.68. The number of aliphatic imine (C=N–C) groups is 1. The van der Waals surface area contributed by atoms with E-state index in [4.69, 9.17) is 15.2 Å². The number of nitrogens with zero attached hydrogens (tertiary/aromatic N) is 2. The summed E-state index contributed by atoms with van der Waals surface area (Å²) in [6.45, 7) is 1.35. The molecular weight excluding hydrogens is 479 g/mol. The van der Waals surface area contributed by atoms with Crippen LogP contribution in [0, 0.1) is 0 Å². The molecule has 0 aliphatic carbocycles. The molecule has 29 heavy (non-hydrogen) atoms. The first-order chi connectivity index (χ1) is 13.5. The van der Waals surface area contributed by atoms with Gasteiger partial charge in [-0.15, -0.1) is 24.0 Å². The number of rotatable bonds is 10. The van der Waals surface area contributed by atoms with Gasteiger partial charge in [-0.3, -0.25) is 4.99 Å². The topological polar surface area (TPSA) is 72.1 Å². The van der Waals surface area contributed by atoms with Gasteiger partial charge in [0.05, 0.1) is 20.8 Å². The lowest BCUT2D eigenvalue weighted by molar-refractivity contribution is 0.298. The number of nitrogens with two attached hydrogens (primary N) is 1. The van der Waals surface area contributed by atoms with Gasteiger partial charge in [0.25, 0.3) is 0 Å².